The molecule has 2 aromatic carbocycles. The molecule has 0 N–H and O–H groups in total. The zero-order chi connectivity index (χ0) is 21.5. The predicted molar refractivity (Wildman–Crippen MR) is 113 cm³/mol. The van der Waals surface area contributed by atoms with E-state index in [9.17, 15) is 9.59 Å². The summed E-state index contributed by atoms with van der Waals surface area (Å²) in [6, 6.07) is 16.7. The van der Waals surface area contributed by atoms with Crippen LogP contribution in [0.1, 0.15) is 25.3 Å². The summed E-state index contributed by atoms with van der Waals surface area (Å²) < 4.78 is 16.4. The highest BCUT2D eigenvalue weighted by Crippen LogP contribution is 2.38. The topological polar surface area (TPSA) is 65.1 Å². The number of esters is 2. The van der Waals surface area contributed by atoms with Crippen molar-refractivity contribution in [2.45, 2.75) is 19.8 Å². The minimum atomic E-state index is -0.626. The molecular formula is C24H25NO5. The maximum absolute atomic E-state index is 12.7. The first-order chi connectivity index (χ1) is 14.5. The Morgan fingerprint density at radius 2 is 1.40 bits per heavy atom. The molecule has 0 bridgehead atoms. The first-order valence-corrected chi connectivity index (χ1v) is 9.86. The molecule has 0 saturated heterocycles. The summed E-state index contributed by atoms with van der Waals surface area (Å²) in [7, 11) is 1.75. The normalized spacial score (nSPS) is 13.9. The van der Waals surface area contributed by atoms with E-state index in [-0.39, 0.29) is 13.2 Å². The number of para-hydroxylation sites is 1. The van der Waals surface area contributed by atoms with Crippen LogP contribution in [0.4, 0.5) is 0 Å². The van der Waals surface area contributed by atoms with Crippen LogP contribution in [0.25, 0.3) is 0 Å². The molecule has 0 aromatic heterocycles. The fourth-order valence-electron chi connectivity index (χ4n) is 3.30. The van der Waals surface area contributed by atoms with E-state index >= 15 is 0 Å². The lowest BCUT2D eigenvalue weighted by molar-refractivity contribution is -0.139. The van der Waals surface area contributed by atoms with E-state index in [0.29, 0.717) is 22.6 Å². The van der Waals surface area contributed by atoms with Gasteiger partial charge in [-0.05, 0) is 43.7 Å². The highest BCUT2D eigenvalue weighted by molar-refractivity contribution is 5.98. The Labute approximate surface area is 176 Å². The van der Waals surface area contributed by atoms with Gasteiger partial charge in [0.2, 0.25) is 0 Å². The molecule has 30 heavy (non-hydrogen) atoms. The van der Waals surface area contributed by atoms with Gasteiger partial charge < -0.3 is 19.1 Å². The van der Waals surface area contributed by atoms with Crippen LogP contribution in [0.3, 0.4) is 0 Å². The fraction of sp³-hybridized carbons (Fsp3) is 0.250. The van der Waals surface area contributed by atoms with E-state index in [0.717, 1.165) is 5.56 Å². The summed E-state index contributed by atoms with van der Waals surface area (Å²) in [5.74, 6) is -0.278. The van der Waals surface area contributed by atoms with E-state index in [1.54, 1.807) is 38.2 Å². The van der Waals surface area contributed by atoms with Crippen LogP contribution in [0.2, 0.25) is 0 Å². The summed E-state index contributed by atoms with van der Waals surface area (Å²) in [6.07, 6.45) is 3.35. The summed E-state index contributed by atoms with van der Waals surface area (Å²) in [6.45, 7) is 3.97. The van der Waals surface area contributed by atoms with Crippen molar-refractivity contribution in [2.24, 2.45) is 0 Å². The molecule has 1 heterocycles. The SMILES string of the molecule is CCOC(=O)C1=CN(C)C=C(C(=O)OCC)C1c1cccc(Oc2ccccc2)c1. The van der Waals surface area contributed by atoms with Crippen LogP contribution in [0.15, 0.2) is 78.1 Å². The third-order valence-electron chi connectivity index (χ3n) is 4.50. The van der Waals surface area contributed by atoms with Crippen LogP contribution in [-0.2, 0) is 19.1 Å². The van der Waals surface area contributed by atoms with Crippen LogP contribution in [0.5, 0.6) is 11.5 Å². The van der Waals surface area contributed by atoms with Gasteiger partial charge in [0.15, 0.2) is 0 Å². The molecule has 2 aromatic rings. The number of hydrogen-bond donors (Lipinski definition) is 0. The molecule has 1 aliphatic heterocycles. The van der Waals surface area contributed by atoms with E-state index in [1.807, 2.05) is 54.6 Å². The second kappa shape index (κ2) is 9.78. The quantitative estimate of drug-likeness (QED) is 0.634. The third kappa shape index (κ3) is 4.89. The number of hydrogen-bond acceptors (Lipinski definition) is 6. The van der Waals surface area contributed by atoms with Crippen molar-refractivity contribution in [2.75, 3.05) is 20.3 Å². The summed E-state index contributed by atoms with van der Waals surface area (Å²) in [4.78, 5) is 27.1. The highest BCUT2D eigenvalue weighted by Gasteiger charge is 2.35. The predicted octanol–water partition coefficient (Wildman–Crippen LogP) is 4.40. The Morgan fingerprint density at radius 3 is 1.97 bits per heavy atom. The minimum Gasteiger partial charge on any atom is -0.463 e. The molecule has 3 rings (SSSR count). The van der Waals surface area contributed by atoms with E-state index < -0.39 is 17.9 Å². The third-order valence-corrected chi connectivity index (χ3v) is 4.50. The Morgan fingerprint density at radius 1 is 0.833 bits per heavy atom. The van der Waals surface area contributed by atoms with Gasteiger partial charge in [0.1, 0.15) is 11.5 Å². The zero-order valence-electron chi connectivity index (χ0n) is 17.3. The maximum Gasteiger partial charge on any atom is 0.336 e. The van der Waals surface area contributed by atoms with Gasteiger partial charge in [-0.1, -0.05) is 30.3 Å². The maximum atomic E-state index is 12.7. The van der Waals surface area contributed by atoms with Gasteiger partial charge in [0, 0.05) is 19.4 Å². The number of ether oxygens (including phenoxy) is 3. The molecule has 1 aliphatic rings. The van der Waals surface area contributed by atoms with Crippen LogP contribution < -0.4 is 4.74 Å². The molecule has 6 nitrogen and oxygen atoms in total. The van der Waals surface area contributed by atoms with Gasteiger partial charge in [-0.3, -0.25) is 0 Å². The van der Waals surface area contributed by atoms with Crippen molar-refractivity contribution in [3.63, 3.8) is 0 Å². The second-order valence-corrected chi connectivity index (χ2v) is 6.70. The lowest BCUT2D eigenvalue weighted by atomic mass is 9.83. The molecule has 6 heteroatoms. The van der Waals surface area contributed by atoms with Gasteiger partial charge in [-0.15, -0.1) is 0 Å². The van der Waals surface area contributed by atoms with Crippen LogP contribution in [0, 0.1) is 0 Å². The van der Waals surface area contributed by atoms with Gasteiger partial charge >= 0.3 is 11.9 Å². The molecule has 0 unspecified atom stereocenters. The number of benzene rings is 2. The minimum absolute atomic E-state index is 0.238. The summed E-state index contributed by atoms with van der Waals surface area (Å²) in [5.41, 5.74) is 1.46. The molecule has 0 radical (unpaired) electrons. The Kier molecular flexibility index (Phi) is 6.91. The van der Waals surface area contributed by atoms with Gasteiger partial charge in [-0.2, -0.15) is 0 Å². The van der Waals surface area contributed by atoms with Gasteiger partial charge in [0.25, 0.3) is 0 Å². The van der Waals surface area contributed by atoms with Crippen molar-refractivity contribution in [1.82, 2.24) is 4.90 Å². The Bertz CT molecular complexity index is 929. The fourth-order valence-corrected chi connectivity index (χ4v) is 3.30. The van der Waals surface area contributed by atoms with Crippen molar-refractivity contribution in [3.05, 3.63) is 83.7 Å². The molecule has 0 fully saturated rings. The highest BCUT2D eigenvalue weighted by atomic mass is 16.5. The zero-order valence-corrected chi connectivity index (χ0v) is 17.3. The lowest BCUT2D eigenvalue weighted by Gasteiger charge is -2.28. The Balaban J connectivity index is 2.02. The van der Waals surface area contributed by atoms with Crippen LogP contribution >= 0.6 is 0 Å². The molecule has 0 spiro atoms. The average Bonchev–Trinajstić information content (AvgIpc) is 2.74. The number of carbonyl (C=O) groups excluding carboxylic acids is 2. The molecule has 156 valence electrons. The van der Waals surface area contributed by atoms with Crippen LogP contribution in [-0.4, -0.2) is 37.1 Å². The van der Waals surface area contributed by atoms with Crippen molar-refractivity contribution in [1.29, 1.82) is 0 Å². The first kappa shape index (κ1) is 21.2. The largest absolute Gasteiger partial charge is 0.463 e. The second-order valence-electron chi connectivity index (χ2n) is 6.70. The number of nitrogens with zero attached hydrogens (tertiary/aromatic N) is 1. The van der Waals surface area contributed by atoms with E-state index in [1.165, 1.54) is 0 Å². The Hall–Kier alpha value is -3.54. The molecular weight excluding hydrogens is 382 g/mol. The number of rotatable bonds is 7. The molecule has 0 aliphatic carbocycles. The monoisotopic (exact) mass is 407 g/mol. The number of carbonyl (C=O) groups is 2. The average molecular weight is 407 g/mol. The van der Waals surface area contributed by atoms with E-state index in [2.05, 4.69) is 0 Å². The van der Waals surface area contributed by atoms with Crippen molar-refractivity contribution < 1.29 is 23.8 Å². The van der Waals surface area contributed by atoms with Gasteiger partial charge in [0.05, 0.1) is 30.3 Å². The lowest BCUT2D eigenvalue weighted by Crippen LogP contribution is -2.28. The standard InChI is InChI=1S/C24H25NO5/c1-4-28-23(26)20-15-25(3)16-21(24(27)29-5-2)22(20)17-10-9-13-19(14-17)30-18-11-7-6-8-12-18/h6-16,22H,4-5H2,1-3H3. The molecule has 0 atom stereocenters. The molecule has 0 saturated carbocycles. The first-order valence-electron chi connectivity index (χ1n) is 9.86. The summed E-state index contributed by atoms with van der Waals surface area (Å²) in [5, 5.41) is 0. The van der Waals surface area contributed by atoms with Crippen molar-refractivity contribution >= 4 is 11.9 Å². The van der Waals surface area contributed by atoms with Crippen molar-refractivity contribution in [3.8, 4) is 11.5 Å². The smallest absolute Gasteiger partial charge is 0.336 e. The summed E-state index contributed by atoms with van der Waals surface area (Å²) >= 11 is 0. The van der Waals surface area contributed by atoms with E-state index in [4.69, 9.17) is 14.2 Å². The van der Waals surface area contributed by atoms with Gasteiger partial charge in [-0.25, -0.2) is 9.59 Å². The molecule has 0 amide bonds.